The van der Waals surface area contributed by atoms with Crippen molar-refractivity contribution < 1.29 is 0 Å². The van der Waals surface area contributed by atoms with Gasteiger partial charge in [-0.25, -0.2) is 0 Å². The van der Waals surface area contributed by atoms with Crippen molar-refractivity contribution in [3.8, 4) is 0 Å². The lowest BCUT2D eigenvalue weighted by molar-refractivity contribution is 0.344. The Hall–Kier alpha value is -0.720. The second kappa shape index (κ2) is 5.99. The van der Waals surface area contributed by atoms with E-state index in [-0.39, 0.29) is 0 Å². The van der Waals surface area contributed by atoms with Crippen LogP contribution in [-0.2, 0) is 0 Å². The normalized spacial score (nSPS) is 29.6. The van der Waals surface area contributed by atoms with Crippen molar-refractivity contribution in [3.05, 3.63) is 23.9 Å². The van der Waals surface area contributed by atoms with E-state index in [4.69, 9.17) is 0 Å². The number of allylic oxidation sites excluding steroid dienone is 3. The molecule has 86 valence electrons. The molecule has 0 N–H and O–H groups in total. The molecule has 0 aromatic carbocycles. The molecule has 0 radical (unpaired) electrons. The summed E-state index contributed by atoms with van der Waals surface area (Å²) in [5, 5.41) is 0. The van der Waals surface area contributed by atoms with Crippen LogP contribution in [-0.4, -0.2) is 18.0 Å². The third-order valence-electron chi connectivity index (χ3n) is 3.42. The van der Waals surface area contributed by atoms with Crippen LogP contribution >= 0.6 is 0 Å². The lowest BCUT2D eigenvalue weighted by atomic mass is 10.0. The van der Waals surface area contributed by atoms with Gasteiger partial charge in [0, 0.05) is 24.7 Å². The van der Waals surface area contributed by atoms with Gasteiger partial charge in [-0.15, -0.1) is 0 Å². The van der Waals surface area contributed by atoms with Crippen LogP contribution in [0, 0.1) is 5.92 Å². The van der Waals surface area contributed by atoms with Crippen LogP contribution in [0.1, 0.15) is 46.5 Å². The van der Waals surface area contributed by atoms with Crippen molar-refractivity contribution in [2.45, 2.75) is 52.5 Å². The van der Waals surface area contributed by atoms with Crippen LogP contribution in [0.5, 0.6) is 0 Å². The second-order valence-electron chi connectivity index (χ2n) is 4.54. The number of rotatable bonds is 4. The summed E-state index contributed by atoms with van der Waals surface area (Å²) in [6.07, 6.45) is 12.0. The third-order valence-corrected chi connectivity index (χ3v) is 3.42. The van der Waals surface area contributed by atoms with E-state index < -0.39 is 0 Å². The standard InChI is InChI=1S/C14H25N/c1-5-7-9-13-11-14(10-8-6-2)15(4)12(13)3/h7,9-10,12-13H,5-6,8,11H2,1-4H3/b9-7-,14-10+. The molecule has 0 amide bonds. The molecule has 0 aromatic rings. The van der Waals surface area contributed by atoms with Crippen LogP contribution in [0.15, 0.2) is 23.9 Å². The average molecular weight is 207 g/mol. The van der Waals surface area contributed by atoms with Crippen molar-refractivity contribution in [1.29, 1.82) is 0 Å². The SMILES string of the molecule is CC/C=C\C1C/C(=C\CCC)N(C)C1C. The highest BCUT2D eigenvalue weighted by atomic mass is 15.2. The fourth-order valence-corrected chi connectivity index (χ4v) is 2.18. The van der Waals surface area contributed by atoms with E-state index in [1.807, 2.05) is 0 Å². The predicted molar refractivity (Wildman–Crippen MR) is 67.8 cm³/mol. The Morgan fingerprint density at radius 2 is 2.13 bits per heavy atom. The highest BCUT2D eigenvalue weighted by molar-refractivity contribution is 5.14. The van der Waals surface area contributed by atoms with Gasteiger partial charge in [-0.3, -0.25) is 0 Å². The van der Waals surface area contributed by atoms with E-state index in [1.54, 1.807) is 0 Å². The second-order valence-corrected chi connectivity index (χ2v) is 4.54. The lowest BCUT2D eigenvalue weighted by Gasteiger charge is -2.21. The summed E-state index contributed by atoms with van der Waals surface area (Å²) in [6.45, 7) is 6.77. The summed E-state index contributed by atoms with van der Waals surface area (Å²) in [6, 6.07) is 0.663. The molecule has 0 aromatic heterocycles. The number of hydrogen-bond donors (Lipinski definition) is 0. The molecule has 15 heavy (non-hydrogen) atoms. The Morgan fingerprint density at radius 3 is 2.73 bits per heavy atom. The van der Waals surface area contributed by atoms with Gasteiger partial charge in [-0.1, -0.05) is 38.5 Å². The number of unbranched alkanes of at least 4 members (excludes halogenated alkanes) is 1. The number of likely N-dealkylation sites (tertiary alicyclic amines) is 1. The zero-order valence-corrected chi connectivity index (χ0v) is 10.7. The molecular weight excluding hydrogens is 182 g/mol. The Morgan fingerprint density at radius 1 is 1.40 bits per heavy atom. The molecule has 1 nitrogen and oxygen atoms in total. The predicted octanol–water partition coefficient (Wildman–Crippen LogP) is 3.98. The fourth-order valence-electron chi connectivity index (χ4n) is 2.18. The minimum Gasteiger partial charge on any atom is -0.375 e. The molecule has 0 saturated carbocycles. The van der Waals surface area contributed by atoms with Gasteiger partial charge in [0.2, 0.25) is 0 Å². The molecule has 1 heterocycles. The first-order chi connectivity index (χ1) is 7.20. The van der Waals surface area contributed by atoms with E-state index in [0.29, 0.717) is 6.04 Å². The maximum absolute atomic E-state index is 2.44. The van der Waals surface area contributed by atoms with E-state index in [2.05, 4.69) is 50.9 Å². The summed E-state index contributed by atoms with van der Waals surface area (Å²) in [5.41, 5.74) is 1.54. The Bertz CT molecular complexity index is 240. The fraction of sp³-hybridized carbons (Fsp3) is 0.714. The third kappa shape index (κ3) is 3.12. The first-order valence-corrected chi connectivity index (χ1v) is 6.29. The van der Waals surface area contributed by atoms with Gasteiger partial charge in [-0.2, -0.15) is 0 Å². The molecule has 1 aliphatic rings. The summed E-state index contributed by atoms with van der Waals surface area (Å²) in [5.74, 6) is 0.720. The minimum absolute atomic E-state index is 0.663. The lowest BCUT2D eigenvalue weighted by Crippen LogP contribution is -2.24. The van der Waals surface area contributed by atoms with Gasteiger partial charge in [0.05, 0.1) is 0 Å². The highest BCUT2D eigenvalue weighted by Gasteiger charge is 2.28. The van der Waals surface area contributed by atoms with E-state index in [0.717, 1.165) is 12.3 Å². The summed E-state index contributed by atoms with van der Waals surface area (Å²) < 4.78 is 0. The Balaban J connectivity index is 2.62. The molecule has 1 heteroatoms. The van der Waals surface area contributed by atoms with Crippen LogP contribution in [0.3, 0.4) is 0 Å². The van der Waals surface area contributed by atoms with Crippen molar-refractivity contribution in [1.82, 2.24) is 4.90 Å². The van der Waals surface area contributed by atoms with E-state index >= 15 is 0 Å². The number of hydrogen-bond acceptors (Lipinski definition) is 1. The van der Waals surface area contributed by atoms with Gasteiger partial charge in [0.1, 0.15) is 0 Å². The van der Waals surface area contributed by atoms with Gasteiger partial charge in [0.25, 0.3) is 0 Å². The molecule has 1 saturated heterocycles. The monoisotopic (exact) mass is 207 g/mol. The molecule has 1 aliphatic heterocycles. The van der Waals surface area contributed by atoms with Gasteiger partial charge in [0.15, 0.2) is 0 Å². The highest BCUT2D eigenvalue weighted by Crippen LogP contribution is 2.32. The molecule has 0 bridgehead atoms. The molecule has 2 atom stereocenters. The Kier molecular flexibility index (Phi) is 4.93. The molecule has 0 aliphatic carbocycles. The number of nitrogens with zero attached hydrogens (tertiary/aromatic N) is 1. The van der Waals surface area contributed by atoms with Gasteiger partial charge in [-0.05, 0) is 26.2 Å². The molecular formula is C14H25N. The molecule has 1 fully saturated rings. The van der Waals surface area contributed by atoms with Crippen molar-refractivity contribution in [3.63, 3.8) is 0 Å². The molecule has 1 rings (SSSR count). The average Bonchev–Trinajstić information content (AvgIpc) is 2.51. The first-order valence-electron chi connectivity index (χ1n) is 6.29. The van der Waals surface area contributed by atoms with Crippen LogP contribution in [0.25, 0.3) is 0 Å². The van der Waals surface area contributed by atoms with Crippen LogP contribution in [0.2, 0.25) is 0 Å². The van der Waals surface area contributed by atoms with Crippen LogP contribution < -0.4 is 0 Å². The largest absolute Gasteiger partial charge is 0.375 e. The first kappa shape index (κ1) is 12.4. The van der Waals surface area contributed by atoms with Gasteiger partial charge < -0.3 is 4.90 Å². The zero-order valence-electron chi connectivity index (χ0n) is 10.7. The van der Waals surface area contributed by atoms with Crippen molar-refractivity contribution in [2.24, 2.45) is 5.92 Å². The van der Waals surface area contributed by atoms with Crippen LogP contribution in [0.4, 0.5) is 0 Å². The Labute approximate surface area is 94.9 Å². The maximum atomic E-state index is 2.44. The van der Waals surface area contributed by atoms with E-state index in [1.165, 1.54) is 25.0 Å². The van der Waals surface area contributed by atoms with E-state index in [9.17, 15) is 0 Å². The van der Waals surface area contributed by atoms with Crippen molar-refractivity contribution in [2.75, 3.05) is 7.05 Å². The molecule has 2 unspecified atom stereocenters. The topological polar surface area (TPSA) is 3.24 Å². The van der Waals surface area contributed by atoms with Crippen molar-refractivity contribution >= 4 is 0 Å². The maximum Gasteiger partial charge on any atom is 0.0321 e. The molecule has 0 spiro atoms. The smallest absolute Gasteiger partial charge is 0.0321 e. The van der Waals surface area contributed by atoms with Gasteiger partial charge >= 0.3 is 0 Å². The zero-order chi connectivity index (χ0) is 11.3. The minimum atomic E-state index is 0.663. The summed E-state index contributed by atoms with van der Waals surface area (Å²) >= 11 is 0. The summed E-state index contributed by atoms with van der Waals surface area (Å²) in [7, 11) is 2.23. The summed E-state index contributed by atoms with van der Waals surface area (Å²) in [4.78, 5) is 2.44. The quantitative estimate of drug-likeness (QED) is 0.630.